The summed E-state index contributed by atoms with van der Waals surface area (Å²) in [5.41, 5.74) is 4.27. The van der Waals surface area contributed by atoms with Crippen molar-refractivity contribution in [3.8, 4) is 17.2 Å². The molecule has 0 saturated heterocycles. The molecule has 1 aromatic heterocycles. The largest absolute Gasteiger partial charge is 0.468 e. The molecule has 2 aromatic carbocycles. The van der Waals surface area contributed by atoms with E-state index in [1.54, 1.807) is 19.1 Å². The van der Waals surface area contributed by atoms with Gasteiger partial charge in [0, 0.05) is 16.8 Å². The van der Waals surface area contributed by atoms with Crippen molar-refractivity contribution in [2.24, 2.45) is 0 Å². The highest BCUT2D eigenvalue weighted by atomic mass is 32.2. The van der Waals surface area contributed by atoms with Gasteiger partial charge >= 0.3 is 0 Å². The first-order valence-corrected chi connectivity index (χ1v) is 11.5. The van der Waals surface area contributed by atoms with Gasteiger partial charge in [-0.2, -0.15) is 5.26 Å². The highest BCUT2D eigenvalue weighted by molar-refractivity contribution is 8.03. The average molecular weight is 455 g/mol. The van der Waals surface area contributed by atoms with E-state index in [2.05, 4.69) is 11.4 Å². The van der Waals surface area contributed by atoms with Crippen molar-refractivity contribution in [1.29, 1.82) is 5.26 Å². The number of hydrogen-bond acceptors (Lipinski definition) is 6. The summed E-state index contributed by atoms with van der Waals surface area (Å²) in [5.74, 6) is -0.0799. The highest BCUT2D eigenvalue weighted by Gasteiger charge is 2.34. The monoisotopic (exact) mass is 454 g/mol. The predicted molar refractivity (Wildman–Crippen MR) is 129 cm³/mol. The van der Waals surface area contributed by atoms with Gasteiger partial charge in [0.05, 0.1) is 34.6 Å². The molecular weight excluding hydrogens is 432 g/mol. The molecule has 1 N–H and O–H groups in total. The molecule has 33 heavy (non-hydrogen) atoms. The molecule has 1 aliphatic heterocycles. The Kier molecular flexibility index (Phi) is 6.62. The third-order valence-electron chi connectivity index (χ3n) is 5.52. The minimum atomic E-state index is -0.591. The Balaban J connectivity index is 1.54. The summed E-state index contributed by atoms with van der Waals surface area (Å²) in [6.07, 6.45) is 1.52. The van der Waals surface area contributed by atoms with Crippen LogP contribution in [0.3, 0.4) is 0 Å². The molecule has 0 bridgehead atoms. The molecule has 164 valence electrons. The molecule has 0 radical (unpaired) electrons. The number of nitriles is 1. The van der Waals surface area contributed by atoms with Gasteiger partial charge in [-0.25, -0.2) is 0 Å². The molecule has 0 unspecified atom stereocenters. The van der Waals surface area contributed by atoms with Crippen LogP contribution in [-0.4, -0.2) is 17.3 Å². The Morgan fingerprint density at radius 2 is 1.73 bits per heavy atom. The lowest BCUT2D eigenvalue weighted by atomic mass is 9.84. The lowest BCUT2D eigenvalue weighted by molar-refractivity contribution is -0.113. The molecule has 0 amide bonds. The van der Waals surface area contributed by atoms with E-state index >= 15 is 0 Å². The fourth-order valence-electron chi connectivity index (χ4n) is 3.93. The molecule has 0 aliphatic carbocycles. The van der Waals surface area contributed by atoms with Crippen LogP contribution in [0.4, 0.5) is 0 Å². The third-order valence-corrected chi connectivity index (χ3v) is 6.53. The van der Waals surface area contributed by atoms with E-state index in [-0.39, 0.29) is 17.3 Å². The fraction of sp³-hybridized carbons (Fsp3) is 0.148. The van der Waals surface area contributed by atoms with Crippen LogP contribution in [0.2, 0.25) is 0 Å². The number of furan rings is 1. The SMILES string of the molecule is CC(=O)C1=C(C)NC(SCC(=O)c2ccc(-c3ccccc3)cc2)=C(C#N)[C@H]1c1ccco1. The van der Waals surface area contributed by atoms with Crippen molar-refractivity contribution in [1.82, 2.24) is 5.32 Å². The van der Waals surface area contributed by atoms with Crippen molar-refractivity contribution >= 4 is 23.3 Å². The van der Waals surface area contributed by atoms with Gasteiger partial charge < -0.3 is 9.73 Å². The Labute approximate surface area is 196 Å². The Morgan fingerprint density at radius 3 is 2.33 bits per heavy atom. The lowest BCUT2D eigenvalue weighted by Crippen LogP contribution is -2.27. The maximum Gasteiger partial charge on any atom is 0.173 e. The topological polar surface area (TPSA) is 83.1 Å². The van der Waals surface area contributed by atoms with E-state index in [9.17, 15) is 14.9 Å². The maximum atomic E-state index is 12.9. The zero-order valence-corrected chi connectivity index (χ0v) is 19.1. The zero-order valence-electron chi connectivity index (χ0n) is 18.3. The van der Waals surface area contributed by atoms with E-state index in [0.29, 0.717) is 33.2 Å². The number of carbonyl (C=O) groups excluding carboxylic acids is 2. The molecule has 6 heteroatoms. The Bertz CT molecular complexity index is 1280. The molecule has 5 nitrogen and oxygen atoms in total. The minimum Gasteiger partial charge on any atom is -0.468 e. The first-order chi connectivity index (χ1) is 16.0. The number of allylic oxidation sites excluding steroid dienone is 3. The minimum absolute atomic E-state index is 0.0419. The lowest BCUT2D eigenvalue weighted by Gasteiger charge is -2.27. The third kappa shape index (κ3) is 4.69. The van der Waals surface area contributed by atoms with E-state index in [1.165, 1.54) is 24.9 Å². The van der Waals surface area contributed by atoms with Crippen LogP contribution in [0.15, 0.2) is 99.3 Å². The van der Waals surface area contributed by atoms with E-state index < -0.39 is 5.92 Å². The van der Waals surface area contributed by atoms with E-state index in [0.717, 1.165) is 11.1 Å². The van der Waals surface area contributed by atoms with Crippen LogP contribution >= 0.6 is 11.8 Å². The summed E-state index contributed by atoms with van der Waals surface area (Å²) in [6.45, 7) is 3.28. The Hall–Kier alpha value is -3.82. The molecule has 1 atom stereocenters. The van der Waals surface area contributed by atoms with Crippen molar-refractivity contribution in [3.63, 3.8) is 0 Å². The summed E-state index contributed by atoms with van der Waals surface area (Å²) in [7, 11) is 0. The summed E-state index contributed by atoms with van der Waals surface area (Å²) >= 11 is 1.26. The van der Waals surface area contributed by atoms with Crippen LogP contribution in [0.1, 0.15) is 35.9 Å². The van der Waals surface area contributed by atoms with Crippen LogP contribution in [-0.2, 0) is 4.79 Å². The summed E-state index contributed by atoms with van der Waals surface area (Å²) in [4.78, 5) is 25.2. The predicted octanol–water partition coefficient (Wildman–Crippen LogP) is 5.85. The number of dihydropyridines is 1. The van der Waals surface area contributed by atoms with Crippen LogP contribution in [0.5, 0.6) is 0 Å². The fourth-order valence-corrected chi connectivity index (χ4v) is 4.92. The molecule has 0 fully saturated rings. The second-order valence-corrected chi connectivity index (χ2v) is 8.66. The average Bonchev–Trinajstić information content (AvgIpc) is 3.37. The second kappa shape index (κ2) is 9.76. The van der Waals surface area contributed by atoms with Gasteiger partial charge in [-0.05, 0) is 37.1 Å². The summed E-state index contributed by atoms with van der Waals surface area (Å²) in [6, 6.07) is 23.2. The second-order valence-electron chi connectivity index (χ2n) is 7.68. The van der Waals surface area contributed by atoms with Crippen LogP contribution in [0, 0.1) is 11.3 Å². The molecule has 0 saturated carbocycles. The van der Waals surface area contributed by atoms with Gasteiger partial charge in [0.1, 0.15) is 5.76 Å². The van der Waals surface area contributed by atoms with Crippen molar-refractivity contribution < 1.29 is 14.0 Å². The van der Waals surface area contributed by atoms with Gasteiger partial charge in [0.25, 0.3) is 0 Å². The quantitative estimate of drug-likeness (QED) is 0.451. The van der Waals surface area contributed by atoms with Gasteiger partial charge in [0.15, 0.2) is 11.6 Å². The van der Waals surface area contributed by atoms with Crippen molar-refractivity contribution in [2.45, 2.75) is 19.8 Å². The number of carbonyl (C=O) groups is 2. The number of benzene rings is 2. The van der Waals surface area contributed by atoms with Gasteiger partial charge in [-0.3, -0.25) is 9.59 Å². The summed E-state index contributed by atoms with van der Waals surface area (Å²) < 4.78 is 5.55. The molecule has 0 spiro atoms. The van der Waals surface area contributed by atoms with Gasteiger partial charge in [0.2, 0.25) is 0 Å². The Morgan fingerprint density at radius 1 is 1.03 bits per heavy atom. The number of nitrogens with zero attached hydrogens (tertiary/aromatic N) is 1. The number of ketones is 2. The number of hydrogen-bond donors (Lipinski definition) is 1. The van der Waals surface area contributed by atoms with Crippen LogP contribution < -0.4 is 5.32 Å². The van der Waals surface area contributed by atoms with Crippen LogP contribution in [0.25, 0.3) is 11.1 Å². The molecule has 4 rings (SSSR count). The normalized spacial score (nSPS) is 15.7. The highest BCUT2D eigenvalue weighted by Crippen LogP contribution is 2.41. The first-order valence-electron chi connectivity index (χ1n) is 10.5. The molecule has 2 heterocycles. The molecule has 3 aromatic rings. The smallest absolute Gasteiger partial charge is 0.173 e. The zero-order chi connectivity index (χ0) is 23.4. The van der Waals surface area contributed by atoms with E-state index in [1.807, 2.05) is 54.6 Å². The number of thioether (sulfide) groups is 1. The molecular formula is C27H22N2O3S. The number of nitrogens with one attached hydrogen (secondary N) is 1. The number of Topliss-reactive ketones (excluding diaryl/α,β-unsaturated/α-hetero) is 2. The first kappa shape index (κ1) is 22.4. The van der Waals surface area contributed by atoms with Crippen molar-refractivity contribution in [3.05, 3.63) is 106 Å². The van der Waals surface area contributed by atoms with E-state index in [4.69, 9.17) is 4.42 Å². The van der Waals surface area contributed by atoms with Gasteiger partial charge in [-0.15, -0.1) is 0 Å². The van der Waals surface area contributed by atoms with Gasteiger partial charge in [-0.1, -0.05) is 66.4 Å². The number of rotatable bonds is 7. The standard InChI is InChI=1S/C27H22N2O3S/c1-17-25(18(2)30)26(24-9-6-14-32-24)22(15-28)27(29-17)33-16-23(31)21-12-10-20(11-13-21)19-7-4-3-5-8-19/h3-14,26,29H,16H2,1-2H3/t26-/m0/s1. The van der Waals surface area contributed by atoms with Crippen molar-refractivity contribution in [2.75, 3.05) is 5.75 Å². The maximum absolute atomic E-state index is 12.9. The summed E-state index contributed by atoms with van der Waals surface area (Å²) in [5, 5.41) is 13.6. The molecule has 1 aliphatic rings.